The van der Waals surface area contributed by atoms with E-state index in [2.05, 4.69) is 22.5 Å². The number of halogens is 4. The highest BCUT2D eigenvalue weighted by atomic mass is 79.9. The second-order valence-electron chi connectivity index (χ2n) is 5.56. The first-order chi connectivity index (χ1) is 9.48. The molecule has 0 atom stereocenters. The summed E-state index contributed by atoms with van der Waals surface area (Å²) in [5, 5.41) is 0. The van der Waals surface area contributed by atoms with Crippen LogP contribution in [0.3, 0.4) is 0 Å². The molecule has 1 rings (SSSR count). The van der Waals surface area contributed by atoms with Crippen molar-refractivity contribution in [3.8, 4) is 0 Å². The van der Waals surface area contributed by atoms with E-state index in [-0.39, 0.29) is 16.6 Å². The van der Waals surface area contributed by atoms with Crippen molar-refractivity contribution in [1.29, 1.82) is 0 Å². The number of hydrogen-bond donors (Lipinski definition) is 0. The summed E-state index contributed by atoms with van der Waals surface area (Å²) in [7, 11) is 0. The largest absolute Gasteiger partial charge is 0.417 e. The lowest BCUT2D eigenvalue weighted by Gasteiger charge is -2.35. The molecule has 1 aromatic carbocycles. The Morgan fingerprint density at radius 3 is 2.33 bits per heavy atom. The predicted octanol–water partition coefficient (Wildman–Crippen LogP) is 4.89. The average molecular weight is 364 g/mol. The van der Waals surface area contributed by atoms with Crippen molar-refractivity contribution in [2.45, 2.75) is 32.5 Å². The second-order valence-corrected chi connectivity index (χ2v) is 6.48. The molecule has 0 heterocycles. The number of carbonyl (C=O) groups is 1. The summed E-state index contributed by atoms with van der Waals surface area (Å²) in [5.41, 5.74) is -1.91. The normalized spacial score (nSPS) is 12.1. The van der Waals surface area contributed by atoms with Crippen molar-refractivity contribution in [1.82, 2.24) is 4.90 Å². The van der Waals surface area contributed by atoms with Gasteiger partial charge in [0.1, 0.15) is 0 Å². The zero-order valence-electron chi connectivity index (χ0n) is 12.1. The number of rotatable bonds is 3. The number of amides is 1. The van der Waals surface area contributed by atoms with Gasteiger partial charge in [0.2, 0.25) is 0 Å². The van der Waals surface area contributed by atoms with Crippen molar-refractivity contribution in [3.05, 3.63) is 46.5 Å². The molecule has 21 heavy (non-hydrogen) atoms. The van der Waals surface area contributed by atoms with Gasteiger partial charge in [0.25, 0.3) is 5.91 Å². The Kier molecular flexibility index (Phi) is 5.25. The van der Waals surface area contributed by atoms with Crippen LogP contribution in [-0.4, -0.2) is 22.9 Å². The van der Waals surface area contributed by atoms with Crippen LogP contribution in [0.4, 0.5) is 13.2 Å². The molecule has 0 fully saturated rings. The lowest BCUT2D eigenvalue weighted by atomic mass is 10.0. The third kappa shape index (κ3) is 4.33. The van der Waals surface area contributed by atoms with Gasteiger partial charge in [-0.1, -0.05) is 22.0 Å². The molecule has 0 saturated heterocycles. The van der Waals surface area contributed by atoms with Gasteiger partial charge in [-0.3, -0.25) is 4.79 Å². The predicted molar refractivity (Wildman–Crippen MR) is 80.1 cm³/mol. The number of alkyl halides is 3. The molecule has 1 aromatic rings. The fourth-order valence-corrected chi connectivity index (χ4v) is 2.23. The number of nitrogens with zero attached hydrogens (tertiary/aromatic N) is 1. The second kappa shape index (κ2) is 6.22. The molecule has 6 heteroatoms. The van der Waals surface area contributed by atoms with Crippen LogP contribution in [0, 0.1) is 0 Å². The fourth-order valence-electron chi connectivity index (χ4n) is 1.87. The van der Waals surface area contributed by atoms with E-state index in [1.807, 2.05) is 0 Å². The molecule has 0 aliphatic carbocycles. The molecule has 1 amide bonds. The Morgan fingerprint density at radius 2 is 1.90 bits per heavy atom. The summed E-state index contributed by atoms with van der Waals surface area (Å²) in [6.45, 7) is 9.02. The monoisotopic (exact) mass is 363 g/mol. The zero-order chi connectivity index (χ0) is 16.4. The molecule has 0 aliphatic rings. The maximum atomic E-state index is 13.1. The van der Waals surface area contributed by atoms with Gasteiger partial charge in [-0.2, -0.15) is 13.2 Å². The zero-order valence-corrected chi connectivity index (χ0v) is 13.7. The van der Waals surface area contributed by atoms with E-state index < -0.39 is 23.2 Å². The highest BCUT2D eigenvalue weighted by Gasteiger charge is 2.37. The van der Waals surface area contributed by atoms with Gasteiger partial charge in [0, 0.05) is 16.6 Å². The van der Waals surface area contributed by atoms with E-state index >= 15 is 0 Å². The van der Waals surface area contributed by atoms with Crippen LogP contribution in [0.25, 0.3) is 0 Å². The summed E-state index contributed by atoms with van der Waals surface area (Å²) in [6.07, 6.45) is -3.10. The van der Waals surface area contributed by atoms with Gasteiger partial charge in [-0.25, -0.2) is 0 Å². The van der Waals surface area contributed by atoms with E-state index in [1.54, 1.807) is 20.8 Å². The van der Waals surface area contributed by atoms with E-state index in [1.165, 1.54) is 23.1 Å². The molecular weight excluding hydrogens is 347 g/mol. The molecule has 0 unspecified atom stereocenters. The van der Waals surface area contributed by atoms with Crippen molar-refractivity contribution >= 4 is 21.8 Å². The minimum absolute atomic E-state index is 0.176. The summed E-state index contributed by atoms with van der Waals surface area (Å²) < 4.78 is 39.6. The van der Waals surface area contributed by atoms with E-state index in [4.69, 9.17) is 0 Å². The lowest BCUT2D eigenvalue weighted by Crippen LogP contribution is -2.46. The summed E-state index contributed by atoms with van der Waals surface area (Å²) >= 11 is 3.00. The van der Waals surface area contributed by atoms with Gasteiger partial charge in [-0.15, -0.1) is 6.58 Å². The molecule has 0 aromatic heterocycles. The molecule has 0 bridgehead atoms. The molecule has 0 radical (unpaired) electrons. The molecule has 2 nitrogen and oxygen atoms in total. The van der Waals surface area contributed by atoms with Crippen LogP contribution in [0.5, 0.6) is 0 Å². The smallest absolute Gasteiger partial charge is 0.330 e. The van der Waals surface area contributed by atoms with Crippen LogP contribution in [0.15, 0.2) is 35.3 Å². The lowest BCUT2D eigenvalue weighted by molar-refractivity contribution is -0.138. The molecule has 0 aliphatic heterocycles. The average Bonchev–Trinajstić information content (AvgIpc) is 2.32. The summed E-state index contributed by atoms with van der Waals surface area (Å²) in [6, 6.07) is 3.54. The van der Waals surface area contributed by atoms with E-state index in [0.29, 0.717) is 0 Å². The molecular formula is C15H17BrF3NO. The molecule has 0 spiro atoms. The van der Waals surface area contributed by atoms with Crippen LogP contribution in [0.2, 0.25) is 0 Å². The van der Waals surface area contributed by atoms with E-state index in [0.717, 1.165) is 6.07 Å². The maximum Gasteiger partial charge on any atom is 0.417 e. The maximum absolute atomic E-state index is 13.1. The third-order valence-corrected chi connectivity index (χ3v) is 3.38. The number of hydrogen-bond acceptors (Lipinski definition) is 1. The minimum atomic E-state index is -4.59. The standard InChI is InChI=1S/C15H17BrF3NO/c1-5-8-20(14(2,3)4)13(21)11-7-6-10(16)9-12(11)15(17,18)19/h5-7,9H,1,8H2,2-4H3. The van der Waals surface area contributed by atoms with Crippen molar-refractivity contribution in [3.63, 3.8) is 0 Å². The van der Waals surface area contributed by atoms with Crippen LogP contribution < -0.4 is 0 Å². The van der Waals surface area contributed by atoms with Gasteiger partial charge >= 0.3 is 6.18 Å². The number of carbonyl (C=O) groups excluding carboxylic acids is 1. The SMILES string of the molecule is C=CCN(C(=O)c1ccc(Br)cc1C(F)(F)F)C(C)(C)C. The first-order valence-electron chi connectivity index (χ1n) is 6.28. The van der Waals surface area contributed by atoms with Gasteiger partial charge < -0.3 is 4.90 Å². The quantitative estimate of drug-likeness (QED) is 0.699. The first-order valence-corrected chi connectivity index (χ1v) is 7.07. The van der Waals surface area contributed by atoms with Crippen LogP contribution in [0.1, 0.15) is 36.7 Å². The Morgan fingerprint density at radius 1 is 1.33 bits per heavy atom. The number of benzene rings is 1. The molecule has 0 N–H and O–H groups in total. The Balaban J connectivity index is 3.38. The van der Waals surface area contributed by atoms with Crippen molar-refractivity contribution < 1.29 is 18.0 Å². The minimum Gasteiger partial charge on any atom is -0.330 e. The van der Waals surface area contributed by atoms with Gasteiger partial charge in [-0.05, 0) is 39.0 Å². The summed E-state index contributed by atoms with van der Waals surface area (Å²) in [4.78, 5) is 13.9. The highest BCUT2D eigenvalue weighted by molar-refractivity contribution is 9.10. The van der Waals surface area contributed by atoms with Crippen LogP contribution >= 0.6 is 15.9 Å². The highest BCUT2D eigenvalue weighted by Crippen LogP contribution is 2.35. The third-order valence-electron chi connectivity index (χ3n) is 2.88. The van der Waals surface area contributed by atoms with Crippen molar-refractivity contribution in [2.24, 2.45) is 0 Å². The molecule has 0 saturated carbocycles. The Labute approximate surface area is 130 Å². The first kappa shape index (κ1) is 17.8. The summed E-state index contributed by atoms with van der Waals surface area (Å²) in [5.74, 6) is -0.665. The Hall–Kier alpha value is -1.30. The topological polar surface area (TPSA) is 20.3 Å². The molecule has 116 valence electrons. The van der Waals surface area contributed by atoms with Gasteiger partial charge in [0.05, 0.1) is 11.1 Å². The fraction of sp³-hybridized carbons (Fsp3) is 0.400. The van der Waals surface area contributed by atoms with Crippen molar-refractivity contribution in [2.75, 3.05) is 6.54 Å². The van der Waals surface area contributed by atoms with Gasteiger partial charge in [0.15, 0.2) is 0 Å². The van der Waals surface area contributed by atoms with Crippen LogP contribution in [-0.2, 0) is 6.18 Å². The Bertz CT molecular complexity index is 547. The van der Waals surface area contributed by atoms with E-state index in [9.17, 15) is 18.0 Å².